The molecule has 1 aliphatic heterocycles. The molecule has 1 fully saturated rings. The minimum Gasteiger partial charge on any atom is -0.389 e. The molecule has 0 aliphatic carbocycles. The van der Waals surface area contributed by atoms with Crippen LogP contribution in [0.15, 0.2) is 30.3 Å². The third kappa shape index (κ3) is 2.61. The fourth-order valence-corrected chi connectivity index (χ4v) is 2.07. The largest absolute Gasteiger partial charge is 0.389 e. The Hall–Kier alpha value is -0.900. The van der Waals surface area contributed by atoms with Crippen LogP contribution in [0.25, 0.3) is 0 Å². The van der Waals surface area contributed by atoms with E-state index in [1.807, 2.05) is 18.2 Å². The molecule has 1 heterocycles. The molecule has 3 heteroatoms. The summed E-state index contributed by atoms with van der Waals surface area (Å²) < 4.78 is 0. The summed E-state index contributed by atoms with van der Waals surface area (Å²) in [7, 11) is 0. The van der Waals surface area contributed by atoms with Crippen molar-refractivity contribution in [3.8, 4) is 0 Å². The third-order valence-corrected chi connectivity index (χ3v) is 3.33. The molecule has 2 N–H and O–H groups in total. The van der Waals surface area contributed by atoms with Crippen molar-refractivity contribution in [2.24, 2.45) is 0 Å². The number of benzene rings is 1. The summed E-state index contributed by atoms with van der Waals surface area (Å²) in [6.07, 6.45) is -0.0222. The molecule has 0 spiro atoms. The first-order valence-corrected chi connectivity index (χ1v) is 5.75. The van der Waals surface area contributed by atoms with E-state index < -0.39 is 11.7 Å². The van der Waals surface area contributed by atoms with Crippen LogP contribution >= 0.6 is 0 Å². The molecule has 0 aromatic heterocycles. The van der Waals surface area contributed by atoms with Crippen LogP contribution in [0.5, 0.6) is 0 Å². The average molecular weight is 221 g/mol. The number of nitrogens with zero attached hydrogens (tertiary/aromatic N) is 1. The van der Waals surface area contributed by atoms with Crippen molar-refractivity contribution < 1.29 is 10.2 Å². The molecule has 1 saturated heterocycles. The lowest BCUT2D eigenvalue weighted by molar-refractivity contribution is -0.108. The van der Waals surface area contributed by atoms with E-state index in [0.29, 0.717) is 13.0 Å². The van der Waals surface area contributed by atoms with Crippen LogP contribution in [0.4, 0.5) is 0 Å². The number of hydrogen-bond acceptors (Lipinski definition) is 3. The van der Waals surface area contributed by atoms with E-state index in [9.17, 15) is 10.2 Å². The molecule has 1 aromatic carbocycles. The predicted octanol–water partition coefficient (Wildman–Crippen LogP) is 1.00. The van der Waals surface area contributed by atoms with Gasteiger partial charge in [0.25, 0.3) is 0 Å². The molecule has 2 rings (SSSR count). The fourth-order valence-electron chi connectivity index (χ4n) is 2.07. The highest BCUT2D eigenvalue weighted by molar-refractivity contribution is 5.14. The number of rotatable bonds is 2. The standard InChI is InChI=1S/C13H19NO2/c1-13(16)7-8-14(10-12(13)15)9-11-5-3-2-4-6-11/h2-6,12,15-16H,7-10H2,1H3/t12-,13-/m0/s1. The van der Waals surface area contributed by atoms with Gasteiger partial charge >= 0.3 is 0 Å². The Morgan fingerprint density at radius 1 is 1.38 bits per heavy atom. The maximum atomic E-state index is 9.85. The van der Waals surface area contributed by atoms with Gasteiger partial charge in [-0.3, -0.25) is 4.90 Å². The molecule has 1 aromatic rings. The molecule has 16 heavy (non-hydrogen) atoms. The monoisotopic (exact) mass is 221 g/mol. The van der Waals surface area contributed by atoms with Crippen molar-refractivity contribution in [2.75, 3.05) is 13.1 Å². The van der Waals surface area contributed by atoms with Crippen molar-refractivity contribution in [1.29, 1.82) is 0 Å². The highest BCUT2D eigenvalue weighted by Crippen LogP contribution is 2.22. The number of piperidine rings is 1. The van der Waals surface area contributed by atoms with Crippen LogP contribution in [0.3, 0.4) is 0 Å². The predicted molar refractivity (Wildman–Crippen MR) is 63.0 cm³/mol. The van der Waals surface area contributed by atoms with E-state index in [0.717, 1.165) is 13.1 Å². The van der Waals surface area contributed by atoms with Gasteiger partial charge < -0.3 is 10.2 Å². The lowest BCUT2D eigenvalue weighted by atomic mass is 9.90. The van der Waals surface area contributed by atoms with Gasteiger partial charge in [0.2, 0.25) is 0 Å². The smallest absolute Gasteiger partial charge is 0.0951 e. The topological polar surface area (TPSA) is 43.7 Å². The van der Waals surface area contributed by atoms with E-state index in [4.69, 9.17) is 0 Å². The van der Waals surface area contributed by atoms with Crippen molar-refractivity contribution >= 4 is 0 Å². The lowest BCUT2D eigenvalue weighted by Gasteiger charge is -2.39. The molecule has 1 aliphatic rings. The number of hydrogen-bond donors (Lipinski definition) is 2. The zero-order chi connectivity index (χ0) is 11.6. The summed E-state index contributed by atoms with van der Waals surface area (Å²) in [5.41, 5.74) is 0.323. The van der Waals surface area contributed by atoms with Gasteiger partial charge in [0.1, 0.15) is 0 Å². The molecule has 0 unspecified atom stereocenters. The second kappa shape index (κ2) is 4.53. The summed E-state index contributed by atoms with van der Waals surface area (Å²) in [5.74, 6) is 0. The van der Waals surface area contributed by atoms with Crippen molar-refractivity contribution in [3.05, 3.63) is 35.9 Å². The molecule has 3 nitrogen and oxygen atoms in total. The Balaban J connectivity index is 1.94. The Kier molecular flexibility index (Phi) is 3.28. The van der Waals surface area contributed by atoms with E-state index in [2.05, 4.69) is 17.0 Å². The van der Waals surface area contributed by atoms with Gasteiger partial charge in [-0.05, 0) is 18.9 Å². The van der Waals surface area contributed by atoms with Crippen LogP contribution in [0.1, 0.15) is 18.9 Å². The second-order valence-electron chi connectivity index (χ2n) is 4.84. The zero-order valence-corrected chi connectivity index (χ0v) is 9.63. The second-order valence-corrected chi connectivity index (χ2v) is 4.84. The van der Waals surface area contributed by atoms with Gasteiger partial charge in [0.15, 0.2) is 0 Å². The van der Waals surface area contributed by atoms with Crippen molar-refractivity contribution in [1.82, 2.24) is 4.90 Å². The van der Waals surface area contributed by atoms with E-state index >= 15 is 0 Å². The molecular formula is C13H19NO2. The van der Waals surface area contributed by atoms with Gasteiger partial charge in [-0.15, -0.1) is 0 Å². The van der Waals surface area contributed by atoms with Gasteiger partial charge in [-0.1, -0.05) is 30.3 Å². The highest BCUT2D eigenvalue weighted by Gasteiger charge is 2.35. The Morgan fingerprint density at radius 3 is 2.69 bits per heavy atom. The van der Waals surface area contributed by atoms with Crippen LogP contribution in [-0.4, -0.2) is 39.9 Å². The molecule has 0 amide bonds. The summed E-state index contributed by atoms with van der Waals surface area (Å²) >= 11 is 0. The summed E-state index contributed by atoms with van der Waals surface area (Å²) in [4.78, 5) is 2.18. The van der Waals surface area contributed by atoms with Crippen LogP contribution in [0.2, 0.25) is 0 Å². The maximum Gasteiger partial charge on any atom is 0.0951 e. The van der Waals surface area contributed by atoms with E-state index in [-0.39, 0.29) is 0 Å². The molecule has 88 valence electrons. The number of β-amino-alcohol motifs (C(OH)–C–C–N with tert-alkyl or cyclic N) is 1. The number of aliphatic hydroxyl groups is 2. The molecule has 0 radical (unpaired) electrons. The summed E-state index contributed by atoms with van der Waals surface area (Å²) in [6.45, 7) is 3.92. The number of aliphatic hydroxyl groups excluding tert-OH is 1. The normalized spacial score (nSPS) is 31.6. The third-order valence-electron chi connectivity index (χ3n) is 3.33. The van der Waals surface area contributed by atoms with Gasteiger partial charge in [-0.2, -0.15) is 0 Å². The van der Waals surface area contributed by atoms with Gasteiger partial charge in [0, 0.05) is 19.6 Å². The van der Waals surface area contributed by atoms with Crippen molar-refractivity contribution in [3.63, 3.8) is 0 Å². The first kappa shape index (κ1) is 11.6. The minimum absolute atomic E-state index is 0.544. The molecule has 2 atom stereocenters. The Labute approximate surface area is 96.3 Å². The SMILES string of the molecule is C[C@]1(O)CCN(Cc2ccccc2)C[C@@H]1O. The minimum atomic E-state index is -0.923. The van der Waals surface area contributed by atoms with Crippen LogP contribution in [0, 0.1) is 0 Å². The Bertz CT molecular complexity index is 337. The van der Waals surface area contributed by atoms with E-state index in [1.165, 1.54) is 5.56 Å². The van der Waals surface area contributed by atoms with Gasteiger partial charge in [-0.25, -0.2) is 0 Å². The molecule has 0 bridgehead atoms. The average Bonchev–Trinajstić information content (AvgIpc) is 2.26. The van der Waals surface area contributed by atoms with E-state index in [1.54, 1.807) is 6.92 Å². The fraction of sp³-hybridized carbons (Fsp3) is 0.538. The Morgan fingerprint density at radius 2 is 2.06 bits per heavy atom. The zero-order valence-electron chi connectivity index (χ0n) is 9.63. The first-order chi connectivity index (χ1) is 7.58. The molecule has 0 saturated carbocycles. The maximum absolute atomic E-state index is 9.85. The first-order valence-electron chi connectivity index (χ1n) is 5.75. The quantitative estimate of drug-likeness (QED) is 0.783. The summed E-state index contributed by atoms with van der Waals surface area (Å²) in [6, 6.07) is 10.2. The summed E-state index contributed by atoms with van der Waals surface area (Å²) in [5, 5.41) is 19.6. The molecular weight excluding hydrogens is 202 g/mol. The van der Waals surface area contributed by atoms with Crippen LogP contribution in [-0.2, 0) is 6.54 Å². The van der Waals surface area contributed by atoms with Crippen molar-refractivity contribution in [2.45, 2.75) is 31.6 Å². The van der Waals surface area contributed by atoms with Crippen LogP contribution < -0.4 is 0 Å². The van der Waals surface area contributed by atoms with Gasteiger partial charge in [0.05, 0.1) is 11.7 Å². The number of likely N-dealkylation sites (tertiary alicyclic amines) is 1. The lowest BCUT2D eigenvalue weighted by Crippen LogP contribution is -2.53. The highest BCUT2D eigenvalue weighted by atomic mass is 16.3.